The van der Waals surface area contributed by atoms with E-state index < -0.39 is 21.2 Å². The van der Waals surface area contributed by atoms with Gasteiger partial charge in [-0.15, -0.1) is 0 Å². The Morgan fingerprint density at radius 3 is 2.18 bits per heavy atom. The normalized spacial score (nSPS) is 15.5. The van der Waals surface area contributed by atoms with E-state index in [0.717, 1.165) is 4.47 Å². The number of hydrogen-bond donors (Lipinski definition) is 1. The summed E-state index contributed by atoms with van der Waals surface area (Å²) in [5, 5.41) is 9.42. The molecule has 0 bridgehead atoms. The molecule has 96 valence electrons. The fourth-order valence-corrected chi connectivity index (χ4v) is 3.51. The van der Waals surface area contributed by atoms with Crippen molar-refractivity contribution in [1.82, 2.24) is 0 Å². The first-order chi connectivity index (χ1) is 7.92. The van der Waals surface area contributed by atoms with Gasteiger partial charge in [0.25, 0.3) is 0 Å². The minimum Gasteiger partial charge on any atom is -0.387 e. The van der Waals surface area contributed by atoms with Crippen LogP contribution in [0.15, 0.2) is 28.7 Å². The van der Waals surface area contributed by atoms with Crippen molar-refractivity contribution < 1.29 is 13.5 Å². The van der Waals surface area contributed by atoms with E-state index in [1.54, 1.807) is 38.1 Å². The van der Waals surface area contributed by atoms with E-state index in [1.807, 2.05) is 0 Å². The summed E-state index contributed by atoms with van der Waals surface area (Å²) in [4.78, 5) is 0. The quantitative estimate of drug-likeness (QED) is 0.907. The zero-order valence-electron chi connectivity index (χ0n) is 9.93. The number of aliphatic hydroxyl groups is 1. The van der Waals surface area contributed by atoms with Crippen molar-refractivity contribution in [2.24, 2.45) is 0 Å². The SMILES string of the molecule is CC[C@H]([C@@H](O)c1ccc(Br)cc1)S(=O)(=O)CC. The number of benzene rings is 1. The van der Waals surface area contributed by atoms with Crippen molar-refractivity contribution in [3.8, 4) is 0 Å². The van der Waals surface area contributed by atoms with Crippen LogP contribution in [0.3, 0.4) is 0 Å². The molecular weight excluding hydrogens is 304 g/mol. The van der Waals surface area contributed by atoms with Crippen molar-refractivity contribution in [3.05, 3.63) is 34.3 Å². The Hall–Kier alpha value is -0.390. The molecule has 1 N–H and O–H groups in total. The Kier molecular flexibility index (Phi) is 5.16. The first-order valence-corrected chi connectivity index (χ1v) is 8.08. The van der Waals surface area contributed by atoms with Crippen molar-refractivity contribution in [1.29, 1.82) is 0 Å². The molecule has 0 saturated carbocycles. The van der Waals surface area contributed by atoms with E-state index in [4.69, 9.17) is 0 Å². The van der Waals surface area contributed by atoms with Gasteiger partial charge in [0.15, 0.2) is 9.84 Å². The van der Waals surface area contributed by atoms with Gasteiger partial charge in [-0.2, -0.15) is 0 Å². The molecule has 0 aliphatic rings. The number of rotatable bonds is 5. The first kappa shape index (κ1) is 14.7. The van der Waals surface area contributed by atoms with E-state index in [9.17, 15) is 13.5 Å². The lowest BCUT2D eigenvalue weighted by Crippen LogP contribution is -2.29. The zero-order valence-corrected chi connectivity index (χ0v) is 12.3. The number of halogens is 1. The second kappa shape index (κ2) is 5.98. The van der Waals surface area contributed by atoms with Gasteiger partial charge in [-0.25, -0.2) is 8.42 Å². The summed E-state index contributed by atoms with van der Waals surface area (Å²) < 4.78 is 24.6. The van der Waals surface area contributed by atoms with Crippen LogP contribution in [-0.2, 0) is 9.84 Å². The van der Waals surface area contributed by atoms with Crippen molar-refractivity contribution in [3.63, 3.8) is 0 Å². The second-order valence-electron chi connectivity index (χ2n) is 3.89. The topological polar surface area (TPSA) is 54.4 Å². The summed E-state index contributed by atoms with van der Waals surface area (Å²) in [6.07, 6.45) is -0.550. The molecule has 0 heterocycles. The van der Waals surface area contributed by atoms with Crippen LogP contribution in [0.4, 0.5) is 0 Å². The molecule has 3 nitrogen and oxygen atoms in total. The minimum absolute atomic E-state index is 0.0547. The molecule has 0 radical (unpaired) electrons. The number of aliphatic hydroxyl groups excluding tert-OH is 1. The lowest BCUT2D eigenvalue weighted by atomic mass is 10.1. The molecule has 1 aromatic rings. The van der Waals surface area contributed by atoms with E-state index in [2.05, 4.69) is 15.9 Å². The molecule has 0 saturated heterocycles. The smallest absolute Gasteiger partial charge is 0.155 e. The number of hydrogen-bond acceptors (Lipinski definition) is 3. The van der Waals surface area contributed by atoms with Crippen LogP contribution < -0.4 is 0 Å². The highest BCUT2D eigenvalue weighted by Gasteiger charge is 2.30. The van der Waals surface area contributed by atoms with E-state index in [1.165, 1.54) is 0 Å². The molecule has 1 aromatic carbocycles. The second-order valence-corrected chi connectivity index (χ2v) is 7.32. The van der Waals surface area contributed by atoms with Gasteiger partial charge in [0, 0.05) is 10.2 Å². The van der Waals surface area contributed by atoms with Gasteiger partial charge in [0.1, 0.15) is 0 Å². The van der Waals surface area contributed by atoms with Gasteiger partial charge >= 0.3 is 0 Å². The Bertz CT molecular complexity index is 453. The molecule has 2 atom stereocenters. The highest BCUT2D eigenvalue weighted by atomic mass is 79.9. The third-order valence-corrected chi connectivity index (χ3v) is 5.68. The predicted molar refractivity (Wildman–Crippen MR) is 72.6 cm³/mol. The molecule has 1 rings (SSSR count). The average molecular weight is 321 g/mol. The molecule has 0 aliphatic carbocycles. The Morgan fingerprint density at radius 1 is 1.24 bits per heavy atom. The highest BCUT2D eigenvalue weighted by Crippen LogP contribution is 2.26. The van der Waals surface area contributed by atoms with E-state index >= 15 is 0 Å². The molecule has 0 unspecified atom stereocenters. The maximum Gasteiger partial charge on any atom is 0.155 e. The summed E-state index contributed by atoms with van der Waals surface area (Å²) in [6.45, 7) is 3.38. The van der Waals surface area contributed by atoms with Crippen molar-refractivity contribution in [2.75, 3.05) is 5.75 Å². The summed E-state index contributed by atoms with van der Waals surface area (Å²) in [6, 6.07) is 7.07. The fraction of sp³-hybridized carbons (Fsp3) is 0.500. The molecular formula is C12H17BrO3S. The number of sulfone groups is 1. The summed E-state index contributed by atoms with van der Waals surface area (Å²) in [5.74, 6) is 0.0547. The minimum atomic E-state index is -3.23. The van der Waals surface area contributed by atoms with Crippen LogP contribution in [0.25, 0.3) is 0 Å². The van der Waals surface area contributed by atoms with Crippen LogP contribution in [0.5, 0.6) is 0 Å². The van der Waals surface area contributed by atoms with Crippen LogP contribution in [0.2, 0.25) is 0 Å². The zero-order chi connectivity index (χ0) is 13.1. The molecule has 0 spiro atoms. The van der Waals surface area contributed by atoms with Gasteiger partial charge < -0.3 is 5.11 Å². The maximum absolute atomic E-state index is 11.8. The van der Waals surface area contributed by atoms with Gasteiger partial charge in [0.05, 0.1) is 11.4 Å². The Morgan fingerprint density at radius 2 is 1.76 bits per heavy atom. The predicted octanol–water partition coefficient (Wildman–Crippen LogP) is 2.70. The van der Waals surface area contributed by atoms with Gasteiger partial charge in [-0.1, -0.05) is 41.9 Å². The van der Waals surface area contributed by atoms with Crippen LogP contribution >= 0.6 is 15.9 Å². The third kappa shape index (κ3) is 3.53. The summed E-state index contributed by atoms with van der Waals surface area (Å²) in [5.41, 5.74) is 0.636. The van der Waals surface area contributed by atoms with Crippen LogP contribution in [0.1, 0.15) is 31.9 Å². The van der Waals surface area contributed by atoms with Gasteiger partial charge in [-0.05, 0) is 24.1 Å². The largest absolute Gasteiger partial charge is 0.387 e. The Balaban J connectivity index is 3.02. The van der Waals surface area contributed by atoms with E-state index in [0.29, 0.717) is 12.0 Å². The molecule has 5 heteroatoms. The summed E-state index contributed by atoms with van der Waals surface area (Å²) >= 11 is 3.30. The highest BCUT2D eigenvalue weighted by molar-refractivity contribution is 9.10. The van der Waals surface area contributed by atoms with E-state index in [-0.39, 0.29) is 5.75 Å². The fourth-order valence-electron chi connectivity index (χ4n) is 1.76. The Labute approximate surface area is 111 Å². The monoisotopic (exact) mass is 320 g/mol. The molecule has 17 heavy (non-hydrogen) atoms. The standard InChI is InChI=1S/C12H17BrO3S/c1-3-11(17(15,16)4-2)12(14)9-5-7-10(13)8-6-9/h5-8,11-12,14H,3-4H2,1-2H3/t11-,12+/m1/s1. The van der Waals surface area contributed by atoms with Crippen molar-refractivity contribution in [2.45, 2.75) is 31.6 Å². The van der Waals surface area contributed by atoms with Crippen molar-refractivity contribution >= 4 is 25.8 Å². The molecule has 0 fully saturated rings. The molecule has 0 aliphatic heterocycles. The van der Waals surface area contributed by atoms with Crippen LogP contribution in [0, 0.1) is 0 Å². The molecule has 0 amide bonds. The third-order valence-electron chi connectivity index (χ3n) is 2.83. The maximum atomic E-state index is 11.8. The lowest BCUT2D eigenvalue weighted by molar-refractivity contribution is 0.169. The first-order valence-electron chi connectivity index (χ1n) is 5.57. The summed E-state index contributed by atoms with van der Waals surface area (Å²) in [7, 11) is -3.23. The van der Waals surface area contributed by atoms with Crippen LogP contribution in [-0.4, -0.2) is 24.5 Å². The molecule has 0 aromatic heterocycles. The lowest BCUT2D eigenvalue weighted by Gasteiger charge is -2.21. The van der Waals surface area contributed by atoms with Gasteiger partial charge in [0.2, 0.25) is 0 Å². The van der Waals surface area contributed by atoms with Gasteiger partial charge in [-0.3, -0.25) is 0 Å². The average Bonchev–Trinajstić information content (AvgIpc) is 2.30.